The van der Waals surface area contributed by atoms with Gasteiger partial charge in [-0.15, -0.1) is 0 Å². The fourth-order valence-corrected chi connectivity index (χ4v) is 5.44. The number of rotatable bonds is 0. The van der Waals surface area contributed by atoms with E-state index in [1.54, 1.807) is 5.57 Å². The Labute approximate surface area is 117 Å². The Morgan fingerprint density at radius 3 is 2.32 bits per heavy atom. The van der Waals surface area contributed by atoms with Gasteiger partial charge < -0.3 is 4.74 Å². The monoisotopic (exact) mass is 260 g/mol. The van der Waals surface area contributed by atoms with Gasteiger partial charge in [0, 0.05) is 5.92 Å². The van der Waals surface area contributed by atoms with Crippen molar-refractivity contribution in [1.82, 2.24) is 0 Å². The highest BCUT2D eigenvalue weighted by Gasteiger charge is 2.49. The van der Waals surface area contributed by atoms with E-state index in [1.165, 1.54) is 83.5 Å². The van der Waals surface area contributed by atoms with Crippen molar-refractivity contribution in [3.8, 4) is 0 Å². The van der Waals surface area contributed by atoms with Crippen molar-refractivity contribution in [2.75, 3.05) is 0 Å². The molecule has 0 amide bonds. The standard InChI is InChI=1S/C18H28O/c1-6-12-18(13-7-1)16-10-4-2-8-14(16)15-9-3-5-11-17(15)19-18/h16-17H,1-13H2. The number of hydrogen-bond donors (Lipinski definition) is 0. The van der Waals surface area contributed by atoms with E-state index in [-0.39, 0.29) is 5.60 Å². The van der Waals surface area contributed by atoms with Crippen molar-refractivity contribution < 1.29 is 4.74 Å². The first kappa shape index (κ1) is 12.4. The number of ether oxygens (including phenoxy) is 1. The average Bonchev–Trinajstić information content (AvgIpc) is 2.49. The van der Waals surface area contributed by atoms with Gasteiger partial charge in [0.25, 0.3) is 0 Å². The van der Waals surface area contributed by atoms with Gasteiger partial charge in [0.05, 0.1) is 11.7 Å². The first-order valence-corrected chi connectivity index (χ1v) is 8.79. The maximum atomic E-state index is 6.83. The van der Waals surface area contributed by atoms with Crippen molar-refractivity contribution in [1.29, 1.82) is 0 Å². The predicted octanol–water partition coefficient (Wildman–Crippen LogP) is 5.15. The summed E-state index contributed by atoms with van der Waals surface area (Å²) in [5, 5.41) is 0. The van der Waals surface area contributed by atoms with Crippen molar-refractivity contribution in [3.63, 3.8) is 0 Å². The van der Waals surface area contributed by atoms with E-state index >= 15 is 0 Å². The number of hydrogen-bond acceptors (Lipinski definition) is 1. The van der Waals surface area contributed by atoms with E-state index in [0.717, 1.165) is 5.92 Å². The lowest BCUT2D eigenvalue weighted by Gasteiger charge is -2.53. The average molecular weight is 260 g/mol. The summed E-state index contributed by atoms with van der Waals surface area (Å²) < 4.78 is 6.83. The molecule has 1 heterocycles. The molecule has 106 valence electrons. The maximum absolute atomic E-state index is 6.83. The molecular formula is C18H28O. The Hall–Kier alpha value is -0.300. The van der Waals surface area contributed by atoms with Crippen LogP contribution in [-0.4, -0.2) is 11.7 Å². The van der Waals surface area contributed by atoms with Crippen molar-refractivity contribution in [3.05, 3.63) is 11.1 Å². The van der Waals surface area contributed by atoms with Crippen LogP contribution in [0.4, 0.5) is 0 Å². The van der Waals surface area contributed by atoms with Gasteiger partial charge in [-0.05, 0) is 56.9 Å². The van der Waals surface area contributed by atoms with E-state index in [4.69, 9.17) is 4.74 Å². The van der Waals surface area contributed by atoms with Crippen molar-refractivity contribution in [2.45, 2.75) is 95.2 Å². The molecule has 3 saturated carbocycles. The summed E-state index contributed by atoms with van der Waals surface area (Å²) in [6.45, 7) is 0. The minimum Gasteiger partial charge on any atom is -0.367 e. The fourth-order valence-electron chi connectivity index (χ4n) is 5.44. The van der Waals surface area contributed by atoms with Crippen LogP contribution in [-0.2, 0) is 4.74 Å². The number of fused-ring (bicyclic) bond motifs is 3. The van der Waals surface area contributed by atoms with Crippen LogP contribution in [0.25, 0.3) is 0 Å². The van der Waals surface area contributed by atoms with Gasteiger partial charge in [-0.2, -0.15) is 0 Å². The van der Waals surface area contributed by atoms with E-state index < -0.39 is 0 Å². The molecule has 3 fully saturated rings. The maximum Gasteiger partial charge on any atom is 0.0795 e. The summed E-state index contributed by atoms with van der Waals surface area (Å²) in [4.78, 5) is 0. The predicted molar refractivity (Wildman–Crippen MR) is 78.1 cm³/mol. The van der Waals surface area contributed by atoms with E-state index in [9.17, 15) is 0 Å². The van der Waals surface area contributed by atoms with Crippen LogP contribution < -0.4 is 0 Å². The van der Waals surface area contributed by atoms with Crippen LogP contribution in [0.2, 0.25) is 0 Å². The molecule has 1 spiro atoms. The quantitative estimate of drug-likeness (QED) is 0.547. The van der Waals surface area contributed by atoms with Crippen LogP contribution in [0, 0.1) is 5.92 Å². The highest BCUT2D eigenvalue weighted by molar-refractivity contribution is 5.30. The SMILES string of the molecule is C1CCC2(CC1)OC1CCCCC1=C1CCCCC12. The summed E-state index contributed by atoms with van der Waals surface area (Å²) in [6, 6.07) is 0. The second kappa shape index (κ2) is 4.91. The molecule has 4 aliphatic rings. The molecule has 19 heavy (non-hydrogen) atoms. The van der Waals surface area contributed by atoms with E-state index in [1.807, 2.05) is 5.57 Å². The van der Waals surface area contributed by atoms with Gasteiger partial charge in [0.15, 0.2) is 0 Å². The zero-order chi connectivity index (χ0) is 12.7. The molecule has 0 N–H and O–H groups in total. The third-order valence-electron chi connectivity index (χ3n) is 6.29. The Kier molecular flexibility index (Phi) is 3.22. The molecular weight excluding hydrogens is 232 g/mol. The van der Waals surface area contributed by atoms with Gasteiger partial charge in [0.1, 0.15) is 0 Å². The minimum absolute atomic E-state index is 0.277. The lowest BCUT2D eigenvalue weighted by atomic mass is 9.63. The molecule has 1 heteroatoms. The van der Waals surface area contributed by atoms with E-state index in [0.29, 0.717) is 6.10 Å². The Balaban J connectivity index is 1.73. The van der Waals surface area contributed by atoms with Gasteiger partial charge in [-0.1, -0.05) is 37.7 Å². The molecule has 0 bridgehead atoms. The first-order chi connectivity index (χ1) is 9.39. The summed E-state index contributed by atoms with van der Waals surface area (Å²) in [5.74, 6) is 0.811. The lowest BCUT2D eigenvalue weighted by Crippen LogP contribution is -2.51. The van der Waals surface area contributed by atoms with Crippen LogP contribution in [0.3, 0.4) is 0 Å². The first-order valence-electron chi connectivity index (χ1n) is 8.79. The molecule has 2 unspecified atom stereocenters. The molecule has 0 radical (unpaired) electrons. The lowest BCUT2D eigenvalue weighted by molar-refractivity contribution is -0.150. The highest BCUT2D eigenvalue weighted by atomic mass is 16.5. The van der Waals surface area contributed by atoms with Crippen LogP contribution in [0.15, 0.2) is 11.1 Å². The molecule has 0 aromatic carbocycles. The summed E-state index contributed by atoms with van der Waals surface area (Å²) in [6.07, 6.45) is 18.7. The van der Waals surface area contributed by atoms with Gasteiger partial charge in [-0.3, -0.25) is 0 Å². The molecule has 1 aliphatic heterocycles. The molecule has 0 aromatic rings. The smallest absolute Gasteiger partial charge is 0.0795 e. The topological polar surface area (TPSA) is 9.23 Å². The Morgan fingerprint density at radius 1 is 0.737 bits per heavy atom. The zero-order valence-electron chi connectivity index (χ0n) is 12.3. The molecule has 3 aliphatic carbocycles. The van der Waals surface area contributed by atoms with Crippen LogP contribution in [0.1, 0.15) is 83.5 Å². The summed E-state index contributed by atoms with van der Waals surface area (Å²) in [7, 11) is 0. The molecule has 0 saturated heterocycles. The van der Waals surface area contributed by atoms with Gasteiger partial charge >= 0.3 is 0 Å². The van der Waals surface area contributed by atoms with E-state index in [2.05, 4.69) is 0 Å². The zero-order valence-corrected chi connectivity index (χ0v) is 12.3. The van der Waals surface area contributed by atoms with Crippen molar-refractivity contribution in [2.24, 2.45) is 5.92 Å². The largest absolute Gasteiger partial charge is 0.367 e. The van der Waals surface area contributed by atoms with Crippen LogP contribution in [0.5, 0.6) is 0 Å². The third kappa shape index (κ3) is 2.00. The fraction of sp³-hybridized carbons (Fsp3) is 0.889. The molecule has 1 nitrogen and oxygen atoms in total. The Bertz CT molecular complexity index is 375. The molecule has 0 aromatic heterocycles. The second-order valence-electron chi connectivity index (χ2n) is 7.33. The molecule has 2 atom stereocenters. The normalized spacial score (nSPS) is 37.9. The second-order valence-corrected chi connectivity index (χ2v) is 7.33. The van der Waals surface area contributed by atoms with Crippen molar-refractivity contribution >= 4 is 0 Å². The summed E-state index contributed by atoms with van der Waals surface area (Å²) in [5.41, 5.74) is 3.94. The summed E-state index contributed by atoms with van der Waals surface area (Å²) >= 11 is 0. The van der Waals surface area contributed by atoms with Crippen LogP contribution >= 0.6 is 0 Å². The van der Waals surface area contributed by atoms with Gasteiger partial charge in [-0.25, -0.2) is 0 Å². The van der Waals surface area contributed by atoms with Gasteiger partial charge in [0.2, 0.25) is 0 Å². The minimum atomic E-state index is 0.277. The Morgan fingerprint density at radius 2 is 1.47 bits per heavy atom. The molecule has 4 rings (SSSR count). The highest BCUT2D eigenvalue weighted by Crippen LogP contribution is 2.53. The third-order valence-corrected chi connectivity index (χ3v) is 6.29.